The Morgan fingerprint density at radius 2 is 2.11 bits per heavy atom. The molecule has 0 heterocycles. The standard InChI is InChI=1S/C14H21ClN2S/c1-4-9(2)7-10(3)17-11-5-6-12(14(16)18)13(15)8-11/h5-6,8-10,17H,4,7H2,1-3H3,(H2,16,18). The van der Waals surface area contributed by atoms with Crippen molar-refractivity contribution in [3.63, 3.8) is 0 Å². The third kappa shape index (κ3) is 4.46. The van der Waals surface area contributed by atoms with Crippen molar-refractivity contribution in [2.45, 2.75) is 39.7 Å². The van der Waals surface area contributed by atoms with Gasteiger partial charge in [-0.25, -0.2) is 0 Å². The van der Waals surface area contributed by atoms with Gasteiger partial charge in [-0.15, -0.1) is 0 Å². The summed E-state index contributed by atoms with van der Waals surface area (Å²) in [7, 11) is 0. The van der Waals surface area contributed by atoms with Crippen molar-refractivity contribution in [3.05, 3.63) is 28.8 Å². The molecule has 0 saturated carbocycles. The van der Waals surface area contributed by atoms with Gasteiger partial charge in [0.05, 0.1) is 5.02 Å². The van der Waals surface area contributed by atoms with E-state index in [0.717, 1.165) is 23.6 Å². The first-order valence-electron chi connectivity index (χ1n) is 6.30. The molecular weight excluding hydrogens is 264 g/mol. The highest BCUT2D eigenvalue weighted by molar-refractivity contribution is 7.80. The van der Waals surface area contributed by atoms with Crippen molar-refractivity contribution in [2.24, 2.45) is 11.7 Å². The molecule has 100 valence electrons. The first-order valence-corrected chi connectivity index (χ1v) is 7.08. The van der Waals surface area contributed by atoms with Gasteiger partial charge in [-0.1, -0.05) is 44.1 Å². The highest BCUT2D eigenvalue weighted by atomic mass is 35.5. The molecule has 1 aromatic rings. The van der Waals surface area contributed by atoms with Crippen LogP contribution in [0, 0.1) is 5.92 Å². The molecule has 0 aliphatic rings. The number of hydrogen-bond acceptors (Lipinski definition) is 2. The number of hydrogen-bond donors (Lipinski definition) is 2. The molecule has 18 heavy (non-hydrogen) atoms. The van der Waals surface area contributed by atoms with Crippen molar-refractivity contribution >= 4 is 34.5 Å². The van der Waals surface area contributed by atoms with E-state index in [1.807, 2.05) is 18.2 Å². The van der Waals surface area contributed by atoms with Gasteiger partial charge in [0.15, 0.2) is 0 Å². The zero-order valence-corrected chi connectivity index (χ0v) is 12.7. The Balaban J connectivity index is 2.68. The number of nitrogens with two attached hydrogens (primary N) is 1. The Hall–Kier alpha value is -0.800. The lowest BCUT2D eigenvalue weighted by Gasteiger charge is -2.19. The topological polar surface area (TPSA) is 38.0 Å². The molecule has 2 unspecified atom stereocenters. The summed E-state index contributed by atoms with van der Waals surface area (Å²) >= 11 is 11.1. The normalized spacial score (nSPS) is 14.0. The van der Waals surface area contributed by atoms with Gasteiger partial charge in [0.2, 0.25) is 0 Å². The van der Waals surface area contributed by atoms with E-state index in [0.29, 0.717) is 16.1 Å². The maximum absolute atomic E-state index is 6.13. The summed E-state index contributed by atoms with van der Waals surface area (Å²) in [4.78, 5) is 0.333. The molecule has 0 aliphatic carbocycles. The van der Waals surface area contributed by atoms with Gasteiger partial charge < -0.3 is 11.1 Å². The summed E-state index contributed by atoms with van der Waals surface area (Å²) in [5, 5.41) is 4.05. The largest absolute Gasteiger partial charge is 0.389 e. The van der Waals surface area contributed by atoms with Gasteiger partial charge in [0.1, 0.15) is 4.99 Å². The first kappa shape index (κ1) is 15.3. The molecule has 0 bridgehead atoms. The highest BCUT2D eigenvalue weighted by Crippen LogP contribution is 2.22. The van der Waals surface area contributed by atoms with Crippen molar-refractivity contribution in [1.29, 1.82) is 0 Å². The third-order valence-corrected chi connectivity index (χ3v) is 3.63. The lowest BCUT2D eigenvalue weighted by molar-refractivity contribution is 0.484. The number of benzene rings is 1. The average Bonchev–Trinajstić information content (AvgIpc) is 2.28. The molecule has 0 aromatic heterocycles. The van der Waals surface area contributed by atoms with Crippen LogP contribution < -0.4 is 11.1 Å². The van der Waals surface area contributed by atoms with Crippen LogP contribution in [-0.2, 0) is 0 Å². The van der Waals surface area contributed by atoms with Gasteiger partial charge in [-0.3, -0.25) is 0 Å². The van der Waals surface area contributed by atoms with Gasteiger partial charge in [0.25, 0.3) is 0 Å². The molecular formula is C14H21ClN2S. The van der Waals surface area contributed by atoms with Crippen LogP contribution in [0.4, 0.5) is 5.69 Å². The van der Waals surface area contributed by atoms with Crippen molar-refractivity contribution in [2.75, 3.05) is 5.32 Å². The summed E-state index contributed by atoms with van der Waals surface area (Å²) in [6, 6.07) is 6.13. The van der Waals surface area contributed by atoms with Crippen LogP contribution in [-0.4, -0.2) is 11.0 Å². The minimum Gasteiger partial charge on any atom is -0.389 e. The van der Waals surface area contributed by atoms with E-state index in [1.165, 1.54) is 6.42 Å². The lowest BCUT2D eigenvalue weighted by Crippen LogP contribution is -2.18. The third-order valence-electron chi connectivity index (χ3n) is 3.10. The Labute approximate surface area is 120 Å². The Morgan fingerprint density at radius 1 is 1.44 bits per heavy atom. The Kier molecular flexibility index (Phi) is 5.89. The fourth-order valence-electron chi connectivity index (χ4n) is 1.92. The Morgan fingerprint density at radius 3 is 2.61 bits per heavy atom. The van der Waals surface area contributed by atoms with Crippen LogP contribution >= 0.6 is 23.8 Å². The second-order valence-electron chi connectivity index (χ2n) is 4.85. The molecule has 0 saturated heterocycles. The molecule has 0 aliphatic heterocycles. The lowest BCUT2D eigenvalue weighted by atomic mass is 10.0. The van der Waals surface area contributed by atoms with Crippen LogP contribution in [0.5, 0.6) is 0 Å². The predicted molar refractivity (Wildman–Crippen MR) is 84.5 cm³/mol. The van der Waals surface area contributed by atoms with Crippen molar-refractivity contribution in [3.8, 4) is 0 Å². The number of anilines is 1. The minimum atomic E-state index is 0.333. The van der Waals surface area contributed by atoms with Gasteiger partial charge in [-0.2, -0.15) is 0 Å². The average molecular weight is 285 g/mol. The first-order chi connectivity index (χ1) is 8.43. The summed E-state index contributed by atoms with van der Waals surface area (Å²) in [6.07, 6.45) is 2.35. The van der Waals surface area contributed by atoms with E-state index in [2.05, 4.69) is 26.1 Å². The Bertz CT molecular complexity index is 420. The van der Waals surface area contributed by atoms with E-state index < -0.39 is 0 Å². The smallest absolute Gasteiger partial charge is 0.105 e. The highest BCUT2D eigenvalue weighted by Gasteiger charge is 2.09. The fourth-order valence-corrected chi connectivity index (χ4v) is 2.43. The zero-order valence-electron chi connectivity index (χ0n) is 11.2. The van der Waals surface area contributed by atoms with Gasteiger partial charge in [0, 0.05) is 17.3 Å². The molecule has 1 rings (SSSR count). The number of nitrogens with one attached hydrogen (secondary N) is 1. The van der Waals surface area contributed by atoms with Crippen LogP contribution in [0.25, 0.3) is 0 Å². The molecule has 0 radical (unpaired) electrons. The second kappa shape index (κ2) is 6.95. The molecule has 1 aromatic carbocycles. The SMILES string of the molecule is CCC(C)CC(C)Nc1ccc(C(N)=S)c(Cl)c1. The molecule has 2 nitrogen and oxygen atoms in total. The van der Waals surface area contributed by atoms with Crippen LogP contribution in [0.2, 0.25) is 5.02 Å². The maximum atomic E-state index is 6.13. The minimum absolute atomic E-state index is 0.333. The molecule has 0 fully saturated rings. The predicted octanol–water partition coefficient (Wildman–Crippen LogP) is 4.21. The molecule has 0 spiro atoms. The van der Waals surface area contributed by atoms with Gasteiger partial charge >= 0.3 is 0 Å². The number of halogens is 1. The summed E-state index contributed by atoms with van der Waals surface area (Å²) in [6.45, 7) is 6.66. The van der Waals surface area contributed by atoms with Crippen LogP contribution in [0.15, 0.2) is 18.2 Å². The number of rotatable bonds is 6. The molecule has 3 N–H and O–H groups in total. The molecule has 4 heteroatoms. The van der Waals surface area contributed by atoms with E-state index in [9.17, 15) is 0 Å². The quantitative estimate of drug-likeness (QED) is 0.769. The van der Waals surface area contributed by atoms with E-state index in [1.54, 1.807) is 0 Å². The molecule has 2 atom stereocenters. The number of thiocarbonyl (C=S) groups is 1. The second-order valence-corrected chi connectivity index (χ2v) is 5.70. The molecule has 0 amide bonds. The zero-order chi connectivity index (χ0) is 13.7. The van der Waals surface area contributed by atoms with Crippen LogP contribution in [0.1, 0.15) is 39.2 Å². The van der Waals surface area contributed by atoms with E-state index in [4.69, 9.17) is 29.6 Å². The van der Waals surface area contributed by atoms with Crippen LogP contribution in [0.3, 0.4) is 0 Å². The van der Waals surface area contributed by atoms with Crippen molar-refractivity contribution in [1.82, 2.24) is 0 Å². The van der Waals surface area contributed by atoms with E-state index in [-0.39, 0.29) is 0 Å². The maximum Gasteiger partial charge on any atom is 0.105 e. The summed E-state index contributed by atoms with van der Waals surface area (Å²) in [5.74, 6) is 0.721. The monoisotopic (exact) mass is 284 g/mol. The summed E-state index contributed by atoms with van der Waals surface area (Å²) < 4.78 is 0. The van der Waals surface area contributed by atoms with Crippen molar-refractivity contribution < 1.29 is 0 Å². The summed E-state index contributed by atoms with van der Waals surface area (Å²) in [5.41, 5.74) is 7.31. The van der Waals surface area contributed by atoms with E-state index >= 15 is 0 Å². The fraction of sp³-hybridized carbons (Fsp3) is 0.500. The van der Waals surface area contributed by atoms with Gasteiger partial charge in [-0.05, 0) is 37.5 Å².